The number of carbonyl (C=O) groups is 1. The average Bonchev–Trinajstić information content (AvgIpc) is 3.05. The number of fused-ring (bicyclic) bond motifs is 3. The van der Waals surface area contributed by atoms with E-state index >= 15 is 8.78 Å². The molecule has 3 aromatic rings. The van der Waals surface area contributed by atoms with E-state index in [1.54, 1.807) is 24.1 Å². The molecule has 1 saturated heterocycles. The molecule has 2 aliphatic heterocycles. The van der Waals surface area contributed by atoms with Crippen LogP contribution in [-0.2, 0) is 9.53 Å². The van der Waals surface area contributed by atoms with E-state index in [1.807, 2.05) is 18.7 Å². The summed E-state index contributed by atoms with van der Waals surface area (Å²) in [6.45, 7) is 14.4. The van der Waals surface area contributed by atoms with Crippen LogP contribution in [0.2, 0.25) is 0 Å². The fourth-order valence-corrected chi connectivity index (χ4v) is 6.02. The Labute approximate surface area is 278 Å². The highest BCUT2D eigenvalue weighted by Gasteiger charge is 2.34. The van der Waals surface area contributed by atoms with Crippen molar-refractivity contribution in [1.82, 2.24) is 24.8 Å². The number of carbonyl (C=O) groups excluding carboxylic acids is 1. The minimum Gasteiger partial charge on any atom is -0.490 e. The molecule has 5 rings (SSSR count). The Hall–Kier alpha value is -4.62. The molecule has 48 heavy (non-hydrogen) atoms. The van der Waals surface area contributed by atoms with E-state index in [4.69, 9.17) is 9.47 Å². The Morgan fingerprint density at radius 2 is 1.98 bits per heavy atom. The minimum atomic E-state index is -1.27. The summed E-state index contributed by atoms with van der Waals surface area (Å²) in [4.78, 5) is 39.1. The van der Waals surface area contributed by atoms with E-state index in [0.29, 0.717) is 31.1 Å². The van der Waals surface area contributed by atoms with E-state index in [9.17, 15) is 14.7 Å². The fraction of sp³-hybridized carbons (Fsp3) is 0.429. The first-order chi connectivity index (χ1) is 22.9. The van der Waals surface area contributed by atoms with Crippen molar-refractivity contribution in [3.8, 4) is 17.0 Å². The van der Waals surface area contributed by atoms with Gasteiger partial charge in [0.2, 0.25) is 5.91 Å². The first kappa shape index (κ1) is 34.7. The normalized spacial score (nSPS) is 21.5. The molecule has 0 spiro atoms. The van der Waals surface area contributed by atoms with Gasteiger partial charge < -0.3 is 29.7 Å². The summed E-state index contributed by atoms with van der Waals surface area (Å²) in [5, 5.41) is 14.7. The molecule has 13 heteroatoms. The summed E-state index contributed by atoms with van der Waals surface area (Å²) in [5.74, 6) is -1.39. The van der Waals surface area contributed by atoms with Gasteiger partial charge in [-0.1, -0.05) is 26.5 Å². The van der Waals surface area contributed by atoms with Gasteiger partial charge in [-0.3, -0.25) is 9.36 Å². The highest BCUT2D eigenvalue weighted by molar-refractivity contribution is 5.91. The van der Waals surface area contributed by atoms with Crippen LogP contribution in [0.5, 0.6) is 5.75 Å². The van der Waals surface area contributed by atoms with Crippen molar-refractivity contribution >= 4 is 29.0 Å². The maximum Gasteiger partial charge on any atom is 0.355 e. The Kier molecular flexibility index (Phi) is 10.6. The highest BCUT2D eigenvalue weighted by Crippen LogP contribution is 2.37. The van der Waals surface area contributed by atoms with Crippen LogP contribution in [0.4, 0.5) is 14.6 Å². The number of halogens is 2. The van der Waals surface area contributed by atoms with Gasteiger partial charge in [0.1, 0.15) is 41.9 Å². The molecule has 1 amide bonds. The number of rotatable bonds is 8. The number of aliphatic hydroxyl groups excluding tert-OH is 1. The number of hydrogen-bond acceptors (Lipinski definition) is 9. The van der Waals surface area contributed by atoms with E-state index < -0.39 is 29.5 Å². The summed E-state index contributed by atoms with van der Waals surface area (Å²) in [6, 6.07) is 4.64. The molecule has 0 radical (unpaired) electrons. The molecular weight excluding hydrogens is 622 g/mol. The third-order valence-corrected chi connectivity index (χ3v) is 8.39. The lowest BCUT2D eigenvalue weighted by Gasteiger charge is -2.44. The molecule has 1 aromatic carbocycles. The van der Waals surface area contributed by atoms with Crippen molar-refractivity contribution in [1.29, 1.82) is 0 Å². The molecule has 2 N–H and O–H groups in total. The van der Waals surface area contributed by atoms with E-state index in [0.717, 1.165) is 10.6 Å². The molecule has 2 unspecified atom stereocenters. The van der Waals surface area contributed by atoms with Crippen LogP contribution in [0.1, 0.15) is 34.6 Å². The minimum absolute atomic E-state index is 0.00593. The van der Waals surface area contributed by atoms with E-state index in [-0.39, 0.29) is 65.1 Å². The molecular formula is C35H42F2N6O5. The maximum absolute atomic E-state index is 16.2. The molecule has 256 valence electrons. The van der Waals surface area contributed by atoms with Gasteiger partial charge in [0.25, 0.3) is 0 Å². The van der Waals surface area contributed by atoms with Gasteiger partial charge in [0, 0.05) is 50.1 Å². The third-order valence-electron chi connectivity index (χ3n) is 8.39. The summed E-state index contributed by atoms with van der Waals surface area (Å²) < 4.78 is 44.7. The molecule has 11 nitrogen and oxygen atoms in total. The van der Waals surface area contributed by atoms with Crippen molar-refractivity contribution in [2.75, 3.05) is 37.7 Å². The van der Waals surface area contributed by atoms with E-state index in [1.165, 1.54) is 30.5 Å². The van der Waals surface area contributed by atoms with Crippen LogP contribution in [0.15, 0.2) is 59.6 Å². The van der Waals surface area contributed by atoms with Crippen molar-refractivity contribution in [3.63, 3.8) is 0 Å². The number of hydrogen-bond donors (Lipinski definition) is 2. The largest absolute Gasteiger partial charge is 0.490 e. The number of anilines is 1. The van der Waals surface area contributed by atoms with Crippen molar-refractivity contribution in [2.45, 2.75) is 58.9 Å². The second-order valence-electron chi connectivity index (χ2n) is 12.5. The molecule has 2 bridgehead atoms. The summed E-state index contributed by atoms with van der Waals surface area (Å²) in [5.41, 5.74) is -0.973. The predicted octanol–water partition coefficient (Wildman–Crippen LogP) is 4.11. The number of aromatic nitrogens is 3. The number of nitrogens with one attached hydrogen (secondary N) is 1. The molecule has 4 atom stereocenters. The van der Waals surface area contributed by atoms with Crippen LogP contribution in [0.3, 0.4) is 0 Å². The zero-order valence-electron chi connectivity index (χ0n) is 27.8. The number of benzene rings is 1. The zero-order valence-corrected chi connectivity index (χ0v) is 27.8. The van der Waals surface area contributed by atoms with Crippen molar-refractivity contribution < 1.29 is 28.2 Å². The fourth-order valence-electron chi connectivity index (χ4n) is 6.02. The maximum atomic E-state index is 16.2. The van der Waals surface area contributed by atoms with Crippen LogP contribution in [-0.4, -0.2) is 87.6 Å². The SMILES string of the molecule is C=CC(=O)N1C[C@H](C)N(c2nc(=O)n3c4nc(c(F)cc24)-c2c(F)cccc2OCC(O)C(OCC)C(/C=C\NCC(C)C)=C3)C[C@H]1C. The molecule has 4 heterocycles. The lowest BCUT2D eigenvalue weighted by atomic mass is 10.0. The number of amides is 1. The van der Waals surface area contributed by atoms with Gasteiger partial charge in [-0.25, -0.2) is 18.6 Å². The monoisotopic (exact) mass is 664 g/mol. The Balaban J connectivity index is 1.79. The third kappa shape index (κ3) is 6.97. The number of pyridine rings is 1. The van der Waals surface area contributed by atoms with Crippen LogP contribution < -0.4 is 20.6 Å². The summed E-state index contributed by atoms with van der Waals surface area (Å²) >= 11 is 0. The number of piperazine rings is 1. The number of aliphatic hydroxyl groups is 1. The van der Waals surface area contributed by atoms with Gasteiger partial charge >= 0.3 is 5.69 Å². The average molecular weight is 665 g/mol. The molecule has 0 aliphatic carbocycles. The molecule has 0 saturated carbocycles. The summed E-state index contributed by atoms with van der Waals surface area (Å²) in [6.07, 6.45) is 3.83. The second kappa shape index (κ2) is 14.7. The Morgan fingerprint density at radius 1 is 1.21 bits per heavy atom. The van der Waals surface area contributed by atoms with Gasteiger partial charge in [-0.05, 0) is 63.2 Å². The smallest absolute Gasteiger partial charge is 0.355 e. The van der Waals surface area contributed by atoms with Crippen LogP contribution in [0, 0.1) is 17.6 Å². The standard InChI is InChI=1S/C35H42F2N6O5/c1-7-29(45)41-16-22(6)42(17-21(41)5)34-24-14-26(37)31-30-25(36)10-9-11-28(30)48-19-27(44)32(47-8-2)23(12-13-38-15-20(3)4)18-43(33(24)39-31)35(46)40-34/h7,9-14,18,20-22,27,32,38,44H,1,8,15-17,19H2,2-6H3/b13-12-,23-18?/t21-,22+,27?,32?/m1/s1. The van der Waals surface area contributed by atoms with E-state index in [2.05, 4.69) is 35.7 Å². The Bertz CT molecular complexity index is 1810. The first-order valence-electron chi connectivity index (χ1n) is 16.1. The second-order valence-corrected chi connectivity index (χ2v) is 12.5. The van der Waals surface area contributed by atoms with Gasteiger partial charge in [-0.15, -0.1) is 0 Å². The van der Waals surface area contributed by atoms with Crippen LogP contribution in [0.25, 0.3) is 28.5 Å². The number of nitrogens with zero attached hydrogens (tertiary/aromatic N) is 5. The predicted molar refractivity (Wildman–Crippen MR) is 180 cm³/mol. The van der Waals surface area contributed by atoms with Crippen molar-refractivity contribution in [3.05, 3.63) is 76.9 Å². The quantitative estimate of drug-likeness (QED) is 0.343. The topological polar surface area (TPSA) is 122 Å². The first-order valence-corrected chi connectivity index (χ1v) is 16.1. The highest BCUT2D eigenvalue weighted by atomic mass is 19.1. The van der Waals surface area contributed by atoms with Gasteiger partial charge in [0.15, 0.2) is 11.5 Å². The van der Waals surface area contributed by atoms with Crippen molar-refractivity contribution in [2.24, 2.45) is 5.92 Å². The lowest BCUT2D eigenvalue weighted by molar-refractivity contribution is -0.128. The molecule has 2 aromatic heterocycles. The zero-order chi connectivity index (χ0) is 34.7. The lowest BCUT2D eigenvalue weighted by Crippen LogP contribution is -2.58. The molecule has 1 fully saturated rings. The van der Waals surface area contributed by atoms with Gasteiger partial charge in [0.05, 0.1) is 10.9 Å². The van der Waals surface area contributed by atoms with Crippen LogP contribution >= 0.6 is 0 Å². The summed E-state index contributed by atoms with van der Waals surface area (Å²) in [7, 11) is 0. The number of ether oxygens (including phenoxy) is 2. The van der Waals surface area contributed by atoms with Gasteiger partial charge in [-0.2, -0.15) is 4.98 Å². The molecule has 2 aliphatic rings. The Morgan fingerprint density at radius 3 is 2.69 bits per heavy atom.